The van der Waals surface area contributed by atoms with Gasteiger partial charge in [-0.05, 0) is 38.1 Å². The maximum atomic E-state index is 4.41. The van der Waals surface area contributed by atoms with E-state index in [0.29, 0.717) is 6.04 Å². The van der Waals surface area contributed by atoms with Crippen molar-refractivity contribution in [2.24, 2.45) is 0 Å². The van der Waals surface area contributed by atoms with Crippen molar-refractivity contribution in [1.29, 1.82) is 0 Å². The Morgan fingerprint density at radius 1 is 1.28 bits per heavy atom. The highest BCUT2D eigenvalue weighted by molar-refractivity contribution is 5.36. The average Bonchev–Trinajstić information content (AvgIpc) is 2.87. The third-order valence-corrected chi connectivity index (χ3v) is 3.30. The predicted octanol–water partition coefficient (Wildman–Crippen LogP) is 3.11. The Kier molecular flexibility index (Phi) is 4.15. The summed E-state index contributed by atoms with van der Waals surface area (Å²) in [5, 5.41) is 3.25. The van der Waals surface area contributed by atoms with Gasteiger partial charge in [0.2, 0.25) is 0 Å². The predicted molar refractivity (Wildman–Crippen MR) is 75.0 cm³/mol. The van der Waals surface area contributed by atoms with Gasteiger partial charge in [0.15, 0.2) is 0 Å². The Labute approximate surface area is 109 Å². The van der Waals surface area contributed by atoms with Gasteiger partial charge in [-0.15, -0.1) is 0 Å². The highest BCUT2D eigenvalue weighted by atomic mass is 15.1. The Hall–Kier alpha value is -1.61. The van der Waals surface area contributed by atoms with Crippen LogP contribution in [-0.2, 0) is 6.42 Å². The normalized spacial score (nSPS) is 12.6. The second-order valence-corrected chi connectivity index (χ2v) is 4.57. The summed E-state index contributed by atoms with van der Waals surface area (Å²) in [5.74, 6) is 1.13. The minimum Gasteiger partial charge on any atom is -0.313 e. The van der Waals surface area contributed by atoms with E-state index in [0.717, 1.165) is 18.7 Å². The van der Waals surface area contributed by atoms with E-state index in [2.05, 4.69) is 53.0 Å². The number of nitrogens with one attached hydrogen (secondary N) is 1. The molecule has 0 saturated heterocycles. The molecule has 3 heteroatoms. The van der Waals surface area contributed by atoms with E-state index in [9.17, 15) is 0 Å². The third kappa shape index (κ3) is 2.62. The average molecular weight is 243 g/mol. The molecule has 0 bridgehead atoms. The molecular formula is C15H21N3. The smallest absolute Gasteiger partial charge is 0.113 e. The molecule has 1 N–H and O–H groups in total. The van der Waals surface area contributed by atoms with E-state index in [1.54, 1.807) is 0 Å². The van der Waals surface area contributed by atoms with E-state index < -0.39 is 0 Å². The van der Waals surface area contributed by atoms with Crippen LogP contribution in [0.3, 0.4) is 0 Å². The second kappa shape index (κ2) is 5.83. The quantitative estimate of drug-likeness (QED) is 0.874. The highest BCUT2D eigenvalue weighted by Gasteiger charge is 2.05. The van der Waals surface area contributed by atoms with Gasteiger partial charge in [-0.1, -0.05) is 19.1 Å². The summed E-state index contributed by atoms with van der Waals surface area (Å²) in [6, 6.07) is 9.05. The Bertz CT molecular complexity index is 485. The summed E-state index contributed by atoms with van der Waals surface area (Å²) in [7, 11) is 1.98. The van der Waals surface area contributed by atoms with Crippen molar-refractivity contribution >= 4 is 0 Å². The molecule has 0 radical (unpaired) electrons. The van der Waals surface area contributed by atoms with Crippen LogP contribution in [0.15, 0.2) is 36.7 Å². The lowest BCUT2D eigenvalue weighted by atomic mass is 10.1. The zero-order valence-corrected chi connectivity index (χ0v) is 11.4. The summed E-state index contributed by atoms with van der Waals surface area (Å²) < 4.78 is 2.16. The van der Waals surface area contributed by atoms with Crippen molar-refractivity contribution in [2.75, 3.05) is 7.05 Å². The molecule has 0 amide bonds. The van der Waals surface area contributed by atoms with Crippen LogP contribution in [0.2, 0.25) is 0 Å². The van der Waals surface area contributed by atoms with Crippen LogP contribution in [-0.4, -0.2) is 16.6 Å². The fraction of sp³-hybridized carbons (Fsp3) is 0.400. The molecule has 2 rings (SSSR count). The standard InChI is InChI=1S/C15H21N3/c1-4-5-15-17-10-11-18(15)14-8-6-13(7-9-14)12(2)16-3/h6-12,16H,4-5H2,1-3H3. The molecule has 0 fully saturated rings. The summed E-state index contributed by atoms with van der Waals surface area (Å²) in [4.78, 5) is 4.41. The van der Waals surface area contributed by atoms with E-state index in [4.69, 9.17) is 0 Å². The molecule has 1 aromatic carbocycles. The van der Waals surface area contributed by atoms with Gasteiger partial charge in [0, 0.05) is 30.5 Å². The van der Waals surface area contributed by atoms with E-state index in [1.807, 2.05) is 19.4 Å². The summed E-state index contributed by atoms with van der Waals surface area (Å²) >= 11 is 0. The largest absolute Gasteiger partial charge is 0.313 e. The Balaban J connectivity index is 2.26. The third-order valence-electron chi connectivity index (χ3n) is 3.30. The van der Waals surface area contributed by atoms with Crippen molar-refractivity contribution in [2.45, 2.75) is 32.7 Å². The maximum absolute atomic E-state index is 4.41. The zero-order chi connectivity index (χ0) is 13.0. The number of aromatic nitrogens is 2. The first-order valence-electron chi connectivity index (χ1n) is 6.56. The molecule has 1 aromatic heterocycles. The highest BCUT2D eigenvalue weighted by Crippen LogP contribution is 2.17. The van der Waals surface area contributed by atoms with Gasteiger partial charge in [0.25, 0.3) is 0 Å². The summed E-state index contributed by atoms with van der Waals surface area (Å²) in [6.45, 7) is 4.34. The van der Waals surface area contributed by atoms with Crippen molar-refractivity contribution < 1.29 is 0 Å². The van der Waals surface area contributed by atoms with Gasteiger partial charge in [-0.3, -0.25) is 0 Å². The maximum Gasteiger partial charge on any atom is 0.113 e. The number of rotatable bonds is 5. The van der Waals surface area contributed by atoms with Gasteiger partial charge >= 0.3 is 0 Å². The van der Waals surface area contributed by atoms with Gasteiger partial charge in [-0.25, -0.2) is 4.98 Å². The van der Waals surface area contributed by atoms with E-state index >= 15 is 0 Å². The van der Waals surface area contributed by atoms with Crippen LogP contribution in [0.4, 0.5) is 0 Å². The van der Waals surface area contributed by atoms with Crippen molar-refractivity contribution in [3.8, 4) is 5.69 Å². The fourth-order valence-electron chi connectivity index (χ4n) is 2.07. The molecule has 0 aliphatic heterocycles. The lowest BCUT2D eigenvalue weighted by Crippen LogP contribution is -2.12. The molecule has 3 nitrogen and oxygen atoms in total. The first-order valence-corrected chi connectivity index (χ1v) is 6.56. The van der Waals surface area contributed by atoms with Crippen LogP contribution >= 0.6 is 0 Å². The topological polar surface area (TPSA) is 29.9 Å². The van der Waals surface area contributed by atoms with Gasteiger partial charge in [0.05, 0.1) is 0 Å². The van der Waals surface area contributed by atoms with Crippen molar-refractivity contribution in [1.82, 2.24) is 14.9 Å². The van der Waals surface area contributed by atoms with E-state index in [-0.39, 0.29) is 0 Å². The first-order chi connectivity index (χ1) is 8.76. The molecule has 0 aliphatic rings. The minimum absolute atomic E-state index is 0.386. The number of hydrogen-bond acceptors (Lipinski definition) is 2. The number of nitrogens with zero attached hydrogens (tertiary/aromatic N) is 2. The lowest BCUT2D eigenvalue weighted by Gasteiger charge is -2.12. The molecular weight excluding hydrogens is 222 g/mol. The van der Waals surface area contributed by atoms with Crippen LogP contribution in [0.5, 0.6) is 0 Å². The Morgan fingerprint density at radius 3 is 2.61 bits per heavy atom. The Morgan fingerprint density at radius 2 is 2.00 bits per heavy atom. The van der Waals surface area contributed by atoms with Gasteiger partial charge < -0.3 is 9.88 Å². The monoisotopic (exact) mass is 243 g/mol. The molecule has 96 valence electrons. The molecule has 0 aliphatic carbocycles. The number of aryl methyl sites for hydroxylation is 1. The fourth-order valence-corrected chi connectivity index (χ4v) is 2.07. The van der Waals surface area contributed by atoms with Gasteiger partial charge in [0.1, 0.15) is 5.82 Å². The molecule has 0 saturated carbocycles. The lowest BCUT2D eigenvalue weighted by molar-refractivity contribution is 0.652. The number of benzene rings is 1. The molecule has 1 heterocycles. The molecule has 18 heavy (non-hydrogen) atoms. The number of hydrogen-bond donors (Lipinski definition) is 1. The molecule has 2 aromatic rings. The van der Waals surface area contributed by atoms with Crippen LogP contribution in [0.25, 0.3) is 5.69 Å². The minimum atomic E-state index is 0.386. The first kappa shape index (κ1) is 12.8. The SMILES string of the molecule is CCCc1nccn1-c1ccc(C(C)NC)cc1. The second-order valence-electron chi connectivity index (χ2n) is 4.57. The van der Waals surface area contributed by atoms with E-state index in [1.165, 1.54) is 11.3 Å². The van der Waals surface area contributed by atoms with Crippen LogP contribution in [0.1, 0.15) is 37.7 Å². The zero-order valence-electron chi connectivity index (χ0n) is 11.4. The molecule has 1 unspecified atom stereocenters. The van der Waals surface area contributed by atoms with Crippen molar-refractivity contribution in [3.05, 3.63) is 48.0 Å². The molecule has 0 spiro atoms. The van der Waals surface area contributed by atoms with Crippen LogP contribution < -0.4 is 5.32 Å². The van der Waals surface area contributed by atoms with Gasteiger partial charge in [-0.2, -0.15) is 0 Å². The van der Waals surface area contributed by atoms with Crippen molar-refractivity contribution in [3.63, 3.8) is 0 Å². The number of imidazole rings is 1. The van der Waals surface area contributed by atoms with Crippen LogP contribution in [0, 0.1) is 0 Å². The summed E-state index contributed by atoms with van der Waals surface area (Å²) in [5.41, 5.74) is 2.49. The summed E-state index contributed by atoms with van der Waals surface area (Å²) in [6.07, 6.45) is 6.03. The molecule has 1 atom stereocenters.